The first-order chi connectivity index (χ1) is 11.9. The second-order valence-corrected chi connectivity index (χ2v) is 7.61. The number of thiocarbonyl (C=S) groups is 1. The van der Waals surface area contributed by atoms with E-state index in [1.165, 1.54) is 12.1 Å². The highest BCUT2D eigenvalue weighted by Gasteiger charge is 2.36. The van der Waals surface area contributed by atoms with Crippen LogP contribution in [0.2, 0.25) is 0 Å². The van der Waals surface area contributed by atoms with E-state index in [1.807, 2.05) is 30.3 Å². The number of benzene rings is 2. The third kappa shape index (κ3) is 3.00. The van der Waals surface area contributed by atoms with Crippen molar-refractivity contribution >= 4 is 28.6 Å². The molecule has 0 aliphatic carbocycles. The van der Waals surface area contributed by atoms with Crippen molar-refractivity contribution in [3.8, 4) is 0 Å². The van der Waals surface area contributed by atoms with Gasteiger partial charge in [0.25, 0.3) is 0 Å². The average molecular weight is 353 g/mol. The third-order valence-electron chi connectivity index (χ3n) is 4.64. The van der Waals surface area contributed by atoms with Crippen LogP contribution < -0.4 is 16.0 Å². The summed E-state index contributed by atoms with van der Waals surface area (Å²) in [6.45, 7) is 4.28. The van der Waals surface area contributed by atoms with Gasteiger partial charge in [0.15, 0.2) is 0 Å². The van der Waals surface area contributed by atoms with E-state index in [9.17, 15) is 4.39 Å². The molecule has 3 nitrogen and oxygen atoms in total. The molecule has 1 unspecified atom stereocenters. The molecule has 2 aliphatic heterocycles. The highest BCUT2D eigenvalue weighted by Crippen LogP contribution is 2.40. The summed E-state index contributed by atoms with van der Waals surface area (Å²) in [5, 5.41) is 10.6. The van der Waals surface area contributed by atoms with Gasteiger partial charge in [-0.05, 0) is 43.7 Å². The van der Waals surface area contributed by atoms with Crippen LogP contribution in [0.1, 0.15) is 31.9 Å². The zero-order valence-corrected chi connectivity index (χ0v) is 15.0. The molecule has 2 aromatic rings. The van der Waals surface area contributed by atoms with Gasteiger partial charge in [0.05, 0.1) is 17.4 Å². The zero-order valence-electron chi connectivity index (χ0n) is 14.2. The van der Waals surface area contributed by atoms with Crippen LogP contribution in [0.15, 0.2) is 59.8 Å². The Labute approximate surface area is 152 Å². The summed E-state index contributed by atoms with van der Waals surface area (Å²) in [7, 11) is 0. The van der Waals surface area contributed by atoms with Crippen LogP contribution in [0.3, 0.4) is 0 Å². The molecule has 0 bridgehead atoms. The molecule has 0 spiro atoms. The van der Waals surface area contributed by atoms with Gasteiger partial charge >= 0.3 is 0 Å². The highest BCUT2D eigenvalue weighted by atomic mass is 32.1. The second-order valence-electron chi connectivity index (χ2n) is 7.21. The molecule has 1 atom stereocenters. The molecular formula is C20H20FN3S. The maximum Gasteiger partial charge on any atom is 0.123 e. The molecule has 0 saturated carbocycles. The first-order valence-corrected chi connectivity index (χ1v) is 8.77. The fourth-order valence-electron chi connectivity index (χ4n) is 3.52. The molecule has 0 amide bonds. The molecule has 0 aromatic heterocycles. The van der Waals surface area contributed by atoms with E-state index in [4.69, 9.17) is 12.2 Å². The van der Waals surface area contributed by atoms with Crippen LogP contribution in [-0.4, -0.2) is 10.5 Å². The Hall–Kier alpha value is -2.40. The number of rotatable bonds is 1. The van der Waals surface area contributed by atoms with Crippen molar-refractivity contribution in [3.05, 3.63) is 71.2 Å². The lowest BCUT2D eigenvalue weighted by Crippen LogP contribution is -2.49. The molecule has 5 heteroatoms. The molecule has 2 heterocycles. The first-order valence-electron chi connectivity index (χ1n) is 8.36. The molecular weight excluding hydrogens is 333 g/mol. The van der Waals surface area contributed by atoms with Crippen LogP contribution in [0.25, 0.3) is 0 Å². The molecule has 128 valence electrons. The summed E-state index contributed by atoms with van der Waals surface area (Å²) >= 11 is 5.70. The monoisotopic (exact) mass is 353 g/mol. The van der Waals surface area contributed by atoms with E-state index >= 15 is 0 Å². The normalized spacial score (nSPS) is 21.2. The van der Waals surface area contributed by atoms with Crippen molar-refractivity contribution in [2.24, 2.45) is 0 Å². The van der Waals surface area contributed by atoms with Gasteiger partial charge in [-0.3, -0.25) is 0 Å². The van der Waals surface area contributed by atoms with Crippen molar-refractivity contribution in [2.45, 2.75) is 31.8 Å². The fourth-order valence-corrected chi connectivity index (χ4v) is 4.04. The summed E-state index contributed by atoms with van der Waals surface area (Å²) < 4.78 is 13.4. The second kappa shape index (κ2) is 5.85. The quantitative estimate of drug-likeness (QED) is 0.646. The lowest BCUT2D eigenvalue weighted by Gasteiger charge is -2.37. The van der Waals surface area contributed by atoms with Crippen molar-refractivity contribution in [1.29, 1.82) is 0 Å². The SMILES string of the molecule is CC1(C)CC2=C(C(=S)N1)C(c1ccc(F)cc1)Nc1ccccc1N2. The number of halogens is 1. The van der Waals surface area contributed by atoms with Gasteiger partial charge in [0.2, 0.25) is 0 Å². The molecule has 0 fully saturated rings. The minimum atomic E-state index is -0.240. The number of para-hydroxylation sites is 2. The molecule has 2 aromatic carbocycles. The summed E-state index contributed by atoms with van der Waals surface area (Å²) in [5.74, 6) is -0.240. The summed E-state index contributed by atoms with van der Waals surface area (Å²) in [5.41, 5.74) is 5.04. The fraction of sp³-hybridized carbons (Fsp3) is 0.250. The first kappa shape index (κ1) is 16.1. The van der Waals surface area contributed by atoms with Gasteiger partial charge in [-0.1, -0.05) is 36.5 Å². The van der Waals surface area contributed by atoms with Gasteiger partial charge in [-0.2, -0.15) is 0 Å². The standard InChI is InChI=1S/C20H20FN3S/c1-20(2)11-16-17(19(25)24-20)18(12-7-9-13(21)10-8-12)23-15-6-4-3-5-14(15)22-16/h3-10,18,22-23H,11H2,1-2H3,(H,24,25). The van der Waals surface area contributed by atoms with Gasteiger partial charge in [-0.25, -0.2) is 4.39 Å². The minimum Gasteiger partial charge on any atom is -0.372 e. The number of anilines is 2. The van der Waals surface area contributed by atoms with Crippen LogP contribution in [0.4, 0.5) is 15.8 Å². The molecule has 2 aliphatic rings. The Kier molecular flexibility index (Phi) is 3.76. The van der Waals surface area contributed by atoms with Crippen molar-refractivity contribution in [1.82, 2.24) is 5.32 Å². The van der Waals surface area contributed by atoms with Crippen molar-refractivity contribution in [2.75, 3.05) is 10.6 Å². The van der Waals surface area contributed by atoms with E-state index in [-0.39, 0.29) is 17.4 Å². The van der Waals surface area contributed by atoms with Crippen LogP contribution >= 0.6 is 12.2 Å². The summed E-state index contributed by atoms with van der Waals surface area (Å²) in [4.78, 5) is 0.730. The maximum absolute atomic E-state index is 13.4. The molecule has 0 radical (unpaired) electrons. The van der Waals surface area contributed by atoms with Gasteiger partial charge in [-0.15, -0.1) is 0 Å². The van der Waals surface area contributed by atoms with Gasteiger partial charge in [0, 0.05) is 23.2 Å². The average Bonchev–Trinajstić information content (AvgIpc) is 2.70. The topological polar surface area (TPSA) is 36.1 Å². The lowest BCUT2D eigenvalue weighted by molar-refractivity contribution is 0.447. The van der Waals surface area contributed by atoms with E-state index in [2.05, 4.69) is 35.9 Å². The van der Waals surface area contributed by atoms with Crippen LogP contribution in [0.5, 0.6) is 0 Å². The highest BCUT2D eigenvalue weighted by molar-refractivity contribution is 7.80. The van der Waals surface area contributed by atoms with Crippen LogP contribution in [-0.2, 0) is 0 Å². The van der Waals surface area contributed by atoms with Crippen molar-refractivity contribution in [3.63, 3.8) is 0 Å². The van der Waals surface area contributed by atoms with Gasteiger partial charge < -0.3 is 16.0 Å². The lowest BCUT2D eigenvalue weighted by atomic mass is 9.86. The predicted octanol–water partition coefficient (Wildman–Crippen LogP) is 4.76. The Balaban J connectivity index is 1.88. The Morgan fingerprint density at radius 1 is 1.04 bits per heavy atom. The third-order valence-corrected chi connectivity index (χ3v) is 4.97. The van der Waals surface area contributed by atoms with E-state index in [0.29, 0.717) is 0 Å². The van der Waals surface area contributed by atoms with Crippen molar-refractivity contribution < 1.29 is 4.39 Å². The number of fused-ring (bicyclic) bond motifs is 1. The van der Waals surface area contributed by atoms with E-state index in [1.54, 1.807) is 0 Å². The zero-order chi connectivity index (χ0) is 17.6. The molecule has 4 rings (SSSR count). The summed E-state index contributed by atoms with van der Waals surface area (Å²) in [6.07, 6.45) is 0.830. The number of nitrogens with one attached hydrogen (secondary N) is 3. The molecule has 25 heavy (non-hydrogen) atoms. The van der Waals surface area contributed by atoms with E-state index in [0.717, 1.165) is 39.6 Å². The largest absolute Gasteiger partial charge is 0.372 e. The van der Waals surface area contributed by atoms with Crippen LogP contribution in [0, 0.1) is 5.82 Å². The summed E-state index contributed by atoms with van der Waals surface area (Å²) in [6, 6.07) is 14.6. The maximum atomic E-state index is 13.4. The smallest absolute Gasteiger partial charge is 0.123 e. The number of hydrogen-bond donors (Lipinski definition) is 3. The Morgan fingerprint density at radius 2 is 1.72 bits per heavy atom. The van der Waals surface area contributed by atoms with Gasteiger partial charge in [0.1, 0.15) is 10.8 Å². The van der Waals surface area contributed by atoms with E-state index < -0.39 is 0 Å². The minimum absolute atomic E-state index is 0.116. The molecule has 0 saturated heterocycles. The molecule has 3 N–H and O–H groups in total. The number of hydrogen-bond acceptors (Lipinski definition) is 3. The Bertz CT molecular complexity index is 871. The Morgan fingerprint density at radius 3 is 2.44 bits per heavy atom. The predicted molar refractivity (Wildman–Crippen MR) is 104 cm³/mol.